The number of aromatic nitrogens is 1. The van der Waals surface area contributed by atoms with Gasteiger partial charge in [-0.2, -0.15) is 0 Å². The lowest BCUT2D eigenvalue weighted by atomic mass is 9.98. The van der Waals surface area contributed by atoms with Gasteiger partial charge in [-0.05, 0) is 61.5 Å². The van der Waals surface area contributed by atoms with E-state index in [-0.39, 0.29) is 0 Å². The molecule has 0 bridgehead atoms. The van der Waals surface area contributed by atoms with Crippen molar-refractivity contribution in [2.24, 2.45) is 0 Å². The summed E-state index contributed by atoms with van der Waals surface area (Å²) in [6, 6.07) is 15.4. The molecule has 0 spiro atoms. The molecule has 1 heterocycles. The van der Waals surface area contributed by atoms with Crippen LogP contribution in [0, 0.1) is 0 Å². The second-order valence-electron chi connectivity index (χ2n) is 6.82. The first kappa shape index (κ1) is 20.6. The minimum absolute atomic E-state index is 0.579. The number of methoxy groups -OCH3 is 1. The fourth-order valence-electron chi connectivity index (χ4n) is 3.40. The molecule has 0 aliphatic heterocycles. The van der Waals surface area contributed by atoms with Crippen molar-refractivity contribution in [3.8, 4) is 17.0 Å². The lowest BCUT2D eigenvalue weighted by molar-refractivity contribution is 0.146. The van der Waals surface area contributed by atoms with E-state index >= 15 is 0 Å². The van der Waals surface area contributed by atoms with Crippen LogP contribution in [0.15, 0.2) is 48.5 Å². The van der Waals surface area contributed by atoms with E-state index in [2.05, 4.69) is 18.7 Å². The molecule has 1 unspecified atom stereocenters. The lowest BCUT2D eigenvalue weighted by Crippen LogP contribution is -2.25. The summed E-state index contributed by atoms with van der Waals surface area (Å²) in [5.41, 5.74) is 3.51. The number of aliphatic hydroxyl groups excluding tert-OH is 1. The van der Waals surface area contributed by atoms with Gasteiger partial charge in [0.1, 0.15) is 5.75 Å². The maximum atomic E-state index is 11.0. The van der Waals surface area contributed by atoms with E-state index in [1.54, 1.807) is 7.11 Å². The molecule has 0 radical (unpaired) electrons. The summed E-state index contributed by atoms with van der Waals surface area (Å²) in [6.07, 6.45) is 0.0854. The van der Waals surface area contributed by atoms with Gasteiger partial charge in [-0.1, -0.05) is 37.6 Å². The highest BCUT2D eigenvalue weighted by Crippen LogP contribution is 2.32. The molecule has 0 amide bonds. The molecule has 3 rings (SSSR count). The molecule has 3 aromatic rings. The maximum absolute atomic E-state index is 11.0. The van der Waals surface area contributed by atoms with Gasteiger partial charge in [0.05, 0.1) is 24.4 Å². The van der Waals surface area contributed by atoms with Gasteiger partial charge in [0, 0.05) is 22.5 Å². The molecule has 2 aromatic carbocycles. The van der Waals surface area contributed by atoms with Gasteiger partial charge in [0.2, 0.25) is 0 Å². The summed E-state index contributed by atoms with van der Waals surface area (Å²) < 4.78 is 5.39. The van der Waals surface area contributed by atoms with Crippen LogP contribution in [0.5, 0.6) is 5.75 Å². The van der Waals surface area contributed by atoms with E-state index < -0.39 is 6.10 Å². The van der Waals surface area contributed by atoms with Gasteiger partial charge in [0.25, 0.3) is 0 Å². The van der Waals surface area contributed by atoms with Crippen LogP contribution in [-0.4, -0.2) is 41.7 Å². The Morgan fingerprint density at radius 1 is 1.07 bits per heavy atom. The van der Waals surface area contributed by atoms with Gasteiger partial charge in [-0.25, -0.2) is 4.98 Å². The van der Waals surface area contributed by atoms with Crippen LogP contribution in [0.25, 0.3) is 22.2 Å². The Hall–Kier alpha value is -2.14. The monoisotopic (exact) mass is 398 g/mol. The Bertz CT molecular complexity index is 924. The molecule has 0 aliphatic rings. The minimum atomic E-state index is -0.579. The summed E-state index contributed by atoms with van der Waals surface area (Å²) in [4.78, 5) is 7.11. The SMILES string of the molecule is CCN(CC)CCC(O)c1cc(-c2ccc(Cl)cc2)nc2ccc(OC)cc12. The second kappa shape index (κ2) is 9.37. The Balaban J connectivity index is 2.04. The van der Waals surface area contributed by atoms with Crippen LogP contribution < -0.4 is 4.74 Å². The number of aliphatic hydroxyl groups is 1. The topological polar surface area (TPSA) is 45.6 Å². The molecular weight excluding hydrogens is 372 g/mol. The minimum Gasteiger partial charge on any atom is -0.497 e. The molecule has 1 aromatic heterocycles. The van der Waals surface area contributed by atoms with E-state index in [4.69, 9.17) is 21.3 Å². The molecule has 0 fully saturated rings. The second-order valence-corrected chi connectivity index (χ2v) is 7.25. The number of nitrogens with zero attached hydrogens (tertiary/aromatic N) is 2. The first-order valence-corrected chi connectivity index (χ1v) is 10.1. The van der Waals surface area contributed by atoms with Crippen LogP contribution in [0.3, 0.4) is 0 Å². The zero-order chi connectivity index (χ0) is 20.1. The number of halogens is 1. The Morgan fingerprint density at radius 3 is 2.43 bits per heavy atom. The highest BCUT2D eigenvalue weighted by molar-refractivity contribution is 6.30. The number of fused-ring (bicyclic) bond motifs is 1. The van der Waals surface area contributed by atoms with Crippen molar-refractivity contribution in [1.82, 2.24) is 9.88 Å². The third kappa shape index (κ3) is 4.64. The molecule has 0 saturated heterocycles. The predicted molar refractivity (Wildman–Crippen MR) is 116 cm³/mol. The standard InChI is InChI=1S/C23H27ClN2O2/c1-4-26(5-2)13-12-23(27)20-15-22(16-6-8-17(24)9-7-16)25-21-11-10-18(28-3)14-19(20)21/h6-11,14-15,23,27H,4-5,12-13H2,1-3H3. The first-order valence-electron chi connectivity index (χ1n) is 9.70. The molecule has 0 aliphatic carbocycles. The zero-order valence-electron chi connectivity index (χ0n) is 16.7. The van der Waals surface area contributed by atoms with Gasteiger partial charge in [-0.3, -0.25) is 0 Å². The van der Waals surface area contributed by atoms with Crippen molar-refractivity contribution in [3.63, 3.8) is 0 Å². The summed E-state index contributed by atoms with van der Waals surface area (Å²) in [7, 11) is 1.65. The Labute approximate surface area is 171 Å². The number of rotatable bonds is 8. The van der Waals surface area contributed by atoms with Crippen molar-refractivity contribution in [1.29, 1.82) is 0 Å². The number of hydrogen-bond donors (Lipinski definition) is 1. The van der Waals surface area contributed by atoms with E-state index in [0.29, 0.717) is 11.4 Å². The highest BCUT2D eigenvalue weighted by atomic mass is 35.5. The molecule has 148 valence electrons. The molecule has 1 atom stereocenters. The van der Waals surface area contributed by atoms with Gasteiger partial charge in [-0.15, -0.1) is 0 Å². The van der Waals surface area contributed by atoms with E-state index in [0.717, 1.165) is 53.1 Å². The Kier molecular flexibility index (Phi) is 6.89. The average molecular weight is 399 g/mol. The maximum Gasteiger partial charge on any atom is 0.119 e. The fraction of sp³-hybridized carbons (Fsp3) is 0.348. The Morgan fingerprint density at radius 2 is 1.79 bits per heavy atom. The quantitative estimate of drug-likeness (QED) is 0.557. The van der Waals surface area contributed by atoms with Crippen LogP contribution in [-0.2, 0) is 0 Å². The summed E-state index contributed by atoms with van der Waals surface area (Å²) in [5.74, 6) is 0.755. The van der Waals surface area contributed by atoms with Crippen molar-refractivity contribution >= 4 is 22.5 Å². The van der Waals surface area contributed by atoms with Gasteiger partial charge in [0.15, 0.2) is 0 Å². The summed E-state index contributed by atoms with van der Waals surface area (Å²) in [6.45, 7) is 7.08. The third-order valence-electron chi connectivity index (χ3n) is 5.16. The first-order chi connectivity index (χ1) is 13.5. The largest absolute Gasteiger partial charge is 0.497 e. The van der Waals surface area contributed by atoms with E-state index in [1.807, 2.05) is 48.5 Å². The number of benzene rings is 2. The van der Waals surface area contributed by atoms with E-state index in [9.17, 15) is 5.11 Å². The smallest absolute Gasteiger partial charge is 0.119 e. The van der Waals surface area contributed by atoms with E-state index in [1.165, 1.54) is 0 Å². The molecule has 4 nitrogen and oxygen atoms in total. The molecular formula is C23H27ClN2O2. The average Bonchev–Trinajstić information content (AvgIpc) is 2.73. The zero-order valence-corrected chi connectivity index (χ0v) is 17.4. The molecule has 28 heavy (non-hydrogen) atoms. The van der Waals surface area contributed by atoms with Crippen molar-refractivity contribution in [2.75, 3.05) is 26.7 Å². The summed E-state index contributed by atoms with van der Waals surface area (Å²) in [5, 5.41) is 12.6. The van der Waals surface area contributed by atoms with Gasteiger partial charge >= 0.3 is 0 Å². The number of pyridine rings is 1. The number of hydrogen-bond acceptors (Lipinski definition) is 4. The predicted octanol–water partition coefficient (Wildman–Crippen LogP) is 5.33. The van der Waals surface area contributed by atoms with Crippen molar-refractivity contribution < 1.29 is 9.84 Å². The summed E-state index contributed by atoms with van der Waals surface area (Å²) >= 11 is 6.03. The molecule has 1 N–H and O–H groups in total. The highest BCUT2D eigenvalue weighted by Gasteiger charge is 2.16. The molecule has 5 heteroatoms. The normalized spacial score (nSPS) is 12.5. The van der Waals surface area contributed by atoms with Crippen LogP contribution in [0.2, 0.25) is 5.02 Å². The molecule has 0 saturated carbocycles. The third-order valence-corrected chi connectivity index (χ3v) is 5.41. The van der Waals surface area contributed by atoms with Crippen LogP contribution in [0.4, 0.5) is 0 Å². The van der Waals surface area contributed by atoms with Crippen molar-refractivity contribution in [3.05, 3.63) is 59.1 Å². The van der Waals surface area contributed by atoms with Crippen molar-refractivity contribution in [2.45, 2.75) is 26.4 Å². The van der Waals surface area contributed by atoms with Crippen LogP contribution in [0.1, 0.15) is 31.9 Å². The number of ether oxygens (including phenoxy) is 1. The van der Waals surface area contributed by atoms with Crippen LogP contribution >= 0.6 is 11.6 Å². The van der Waals surface area contributed by atoms with Gasteiger partial charge < -0.3 is 14.7 Å². The lowest BCUT2D eigenvalue weighted by Gasteiger charge is -2.21. The fourth-order valence-corrected chi connectivity index (χ4v) is 3.53.